The van der Waals surface area contributed by atoms with E-state index in [-0.39, 0.29) is 12.1 Å². The number of halogens is 1. The molecular formula is C19H21ClN8O. The van der Waals surface area contributed by atoms with Crippen LogP contribution in [0.3, 0.4) is 0 Å². The fourth-order valence-corrected chi connectivity index (χ4v) is 4.08. The highest BCUT2D eigenvalue weighted by molar-refractivity contribution is 6.37. The molecule has 150 valence electrons. The monoisotopic (exact) mass is 412 g/mol. The number of hydrogen-bond acceptors (Lipinski definition) is 7. The molecule has 1 saturated heterocycles. The maximum Gasteiger partial charge on any atom is 0.326 e. The lowest BCUT2D eigenvalue weighted by atomic mass is 10.3. The number of nitrogens with two attached hydrogens (primary N) is 1. The molecule has 1 aliphatic rings. The van der Waals surface area contributed by atoms with E-state index in [1.807, 2.05) is 24.6 Å². The second-order valence-electron chi connectivity index (χ2n) is 7.29. The summed E-state index contributed by atoms with van der Waals surface area (Å²) in [4.78, 5) is 23.4. The molecule has 0 radical (unpaired) electrons. The molecule has 29 heavy (non-hydrogen) atoms. The summed E-state index contributed by atoms with van der Waals surface area (Å²) >= 11 is 6.63. The Morgan fingerprint density at radius 2 is 2.21 bits per heavy atom. The van der Waals surface area contributed by atoms with Gasteiger partial charge in [0.15, 0.2) is 11.4 Å². The van der Waals surface area contributed by atoms with Crippen molar-refractivity contribution in [3.8, 4) is 11.8 Å². The van der Waals surface area contributed by atoms with E-state index in [0.717, 1.165) is 54.0 Å². The molecule has 10 heteroatoms. The number of aryl methyl sites for hydroxylation is 2. The van der Waals surface area contributed by atoms with Crippen molar-refractivity contribution in [2.45, 2.75) is 25.8 Å². The normalized spacial score (nSPS) is 17.0. The molecule has 0 saturated carbocycles. The first-order chi connectivity index (χ1) is 14.0. The molecule has 5 rings (SSSR count). The second-order valence-corrected chi connectivity index (χ2v) is 7.67. The number of ether oxygens (including phenoxy) is 1. The Morgan fingerprint density at radius 3 is 2.97 bits per heavy atom. The van der Waals surface area contributed by atoms with E-state index >= 15 is 0 Å². The van der Waals surface area contributed by atoms with Gasteiger partial charge in [-0.1, -0.05) is 18.5 Å². The topological polar surface area (TPSA) is 111 Å². The molecule has 3 N–H and O–H groups in total. The van der Waals surface area contributed by atoms with Gasteiger partial charge in [0, 0.05) is 37.9 Å². The zero-order valence-electron chi connectivity index (χ0n) is 16.2. The molecule has 0 bridgehead atoms. The van der Waals surface area contributed by atoms with E-state index in [1.165, 1.54) is 0 Å². The smallest absolute Gasteiger partial charge is 0.326 e. The lowest BCUT2D eigenvalue weighted by Gasteiger charge is -2.18. The van der Waals surface area contributed by atoms with Crippen LogP contribution in [0.5, 0.6) is 11.8 Å². The van der Waals surface area contributed by atoms with E-state index in [2.05, 4.69) is 29.8 Å². The quantitative estimate of drug-likeness (QED) is 0.530. The van der Waals surface area contributed by atoms with Gasteiger partial charge < -0.3 is 24.9 Å². The Morgan fingerprint density at radius 1 is 1.34 bits per heavy atom. The van der Waals surface area contributed by atoms with Crippen molar-refractivity contribution in [3.63, 3.8) is 0 Å². The molecule has 0 unspecified atom stereocenters. The summed E-state index contributed by atoms with van der Waals surface area (Å²) in [5.74, 6) is 1.26. The van der Waals surface area contributed by atoms with Gasteiger partial charge in [-0.25, -0.2) is 9.97 Å². The fourth-order valence-electron chi connectivity index (χ4n) is 3.73. The van der Waals surface area contributed by atoms with Crippen LogP contribution >= 0.6 is 11.6 Å². The number of aromatic amines is 1. The molecule has 5 heterocycles. The molecule has 1 fully saturated rings. The zero-order chi connectivity index (χ0) is 20.1. The van der Waals surface area contributed by atoms with Crippen molar-refractivity contribution < 1.29 is 4.74 Å². The summed E-state index contributed by atoms with van der Waals surface area (Å²) in [7, 11) is 1.90. The number of nitrogens with zero attached hydrogens (tertiary/aromatic N) is 6. The summed E-state index contributed by atoms with van der Waals surface area (Å²) in [6, 6.07) is 2.16. The highest BCUT2D eigenvalue weighted by Crippen LogP contribution is 2.36. The van der Waals surface area contributed by atoms with Crippen molar-refractivity contribution in [1.29, 1.82) is 0 Å². The predicted molar refractivity (Wildman–Crippen MR) is 112 cm³/mol. The number of nitrogens with one attached hydrogen (secondary N) is 1. The molecule has 1 aliphatic heterocycles. The molecule has 4 aromatic heterocycles. The van der Waals surface area contributed by atoms with E-state index in [0.29, 0.717) is 16.4 Å². The van der Waals surface area contributed by atoms with Gasteiger partial charge >= 0.3 is 6.01 Å². The molecule has 0 aromatic carbocycles. The van der Waals surface area contributed by atoms with Crippen molar-refractivity contribution in [1.82, 2.24) is 29.5 Å². The fraction of sp³-hybridized carbons (Fsp3) is 0.368. The largest absolute Gasteiger partial charge is 0.422 e. The average molecular weight is 413 g/mol. The number of fused-ring (bicyclic) bond motifs is 2. The van der Waals surface area contributed by atoms with Crippen molar-refractivity contribution in [2.75, 3.05) is 18.0 Å². The van der Waals surface area contributed by atoms with Crippen LogP contribution in [0.1, 0.15) is 19.0 Å². The number of anilines is 1. The van der Waals surface area contributed by atoms with E-state index in [9.17, 15) is 0 Å². The lowest BCUT2D eigenvalue weighted by molar-refractivity contribution is 0.443. The third-order valence-electron chi connectivity index (χ3n) is 5.24. The minimum Gasteiger partial charge on any atom is -0.422 e. The third-order valence-corrected chi connectivity index (χ3v) is 5.65. The standard InChI is InChI=1S/C19H21ClN8O/c1-3-12-15(20)14-16(24-12)25-19(26-18(14)28-5-4-10(21)8-28)29-11-6-13-17(22-7-11)27(2)9-23-13/h6-7,9-10H,3-5,8,21H2,1-2H3,(H,24,25,26)/t10-/m0/s1. The van der Waals surface area contributed by atoms with E-state index in [1.54, 1.807) is 12.5 Å². The van der Waals surface area contributed by atoms with Crippen LogP contribution in [0.2, 0.25) is 5.02 Å². The Bertz CT molecular complexity index is 1220. The highest BCUT2D eigenvalue weighted by atomic mass is 35.5. The molecule has 0 spiro atoms. The molecule has 1 atom stereocenters. The minimum absolute atomic E-state index is 0.114. The van der Waals surface area contributed by atoms with E-state index in [4.69, 9.17) is 22.1 Å². The Labute approximate surface area is 171 Å². The van der Waals surface area contributed by atoms with Gasteiger partial charge in [-0.2, -0.15) is 9.97 Å². The van der Waals surface area contributed by atoms with E-state index < -0.39 is 0 Å². The number of rotatable bonds is 4. The number of aromatic nitrogens is 6. The third kappa shape index (κ3) is 3.06. The average Bonchev–Trinajstić information content (AvgIpc) is 3.39. The highest BCUT2D eigenvalue weighted by Gasteiger charge is 2.26. The maximum atomic E-state index is 6.63. The summed E-state index contributed by atoms with van der Waals surface area (Å²) in [6.07, 6.45) is 5.03. The minimum atomic E-state index is 0.114. The first-order valence-electron chi connectivity index (χ1n) is 9.57. The van der Waals surface area contributed by atoms with Crippen molar-refractivity contribution >= 4 is 39.6 Å². The van der Waals surface area contributed by atoms with Crippen LogP contribution < -0.4 is 15.4 Å². The van der Waals surface area contributed by atoms with Crippen LogP contribution in [0.4, 0.5) is 5.82 Å². The number of hydrogen-bond donors (Lipinski definition) is 2. The Balaban J connectivity index is 1.59. The van der Waals surface area contributed by atoms with Crippen LogP contribution in [-0.4, -0.2) is 48.6 Å². The van der Waals surface area contributed by atoms with Crippen LogP contribution in [0.25, 0.3) is 22.2 Å². The zero-order valence-corrected chi connectivity index (χ0v) is 16.9. The SMILES string of the molecule is CCc1[nH]c2nc(Oc3cnc4c(c3)ncn4C)nc(N3CC[C@H](N)C3)c2c1Cl. The van der Waals surface area contributed by atoms with Crippen LogP contribution in [0.15, 0.2) is 18.6 Å². The van der Waals surface area contributed by atoms with Gasteiger partial charge in [0.25, 0.3) is 0 Å². The van der Waals surface area contributed by atoms with Gasteiger partial charge in [-0.05, 0) is 12.8 Å². The molecule has 0 aliphatic carbocycles. The van der Waals surface area contributed by atoms with Crippen molar-refractivity contribution in [3.05, 3.63) is 29.3 Å². The van der Waals surface area contributed by atoms with Crippen molar-refractivity contribution in [2.24, 2.45) is 12.8 Å². The number of imidazole rings is 1. The number of H-pyrrole nitrogens is 1. The molecule has 0 amide bonds. The summed E-state index contributed by atoms with van der Waals surface area (Å²) in [6.45, 7) is 3.58. The first kappa shape index (κ1) is 18.1. The Kier molecular flexibility index (Phi) is 4.29. The van der Waals surface area contributed by atoms with Gasteiger partial charge in [0.05, 0.1) is 22.9 Å². The molecule has 9 nitrogen and oxygen atoms in total. The van der Waals surface area contributed by atoms with Gasteiger partial charge in [0.2, 0.25) is 0 Å². The van der Waals surface area contributed by atoms with Crippen LogP contribution in [0, 0.1) is 0 Å². The van der Waals surface area contributed by atoms with Crippen LogP contribution in [-0.2, 0) is 13.5 Å². The van der Waals surface area contributed by atoms with Gasteiger partial charge in [0.1, 0.15) is 17.0 Å². The first-order valence-corrected chi connectivity index (χ1v) is 9.94. The maximum absolute atomic E-state index is 6.63. The number of pyridine rings is 1. The molecule has 4 aromatic rings. The summed E-state index contributed by atoms with van der Waals surface area (Å²) in [5.41, 5.74) is 9.22. The molecular weight excluding hydrogens is 392 g/mol. The Hall–Kier alpha value is -2.91. The van der Waals surface area contributed by atoms with Gasteiger partial charge in [-0.3, -0.25) is 0 Å². The summed E-state index contributed by atoms with van der Waals surface area (Å²) in [5, 5.41) is 1.46. The van der Waals surface area contributed by atoms with Gasteiger partial charge in [-0.15, -0.1) is 0 Å². The summed E-state index contributed by atoms with van der Waals surface area (Å²) < 4.78 is 7.81. The predicted octanol–water partition coefficient (Wildman–Crippen LogP) is 2.79. The lowest BCUT2D eigenvalue weighted by Crippen LogP contribution is -2.27. The second kappa shape index (κ2) is 6.85.